The van der Waals surface area contributed by atoms with E-state index in [1.807, 2.05) is 6.07 Å². The molecular formula is C15H18N4O3. The van der Waals surface area contributed by atoms with E-state index in [2.05, 4.69) is 10.6 Å². The van der Waals surface area contributed by atoms with Gasteiger partial charge in [-0.3, -0.25) is 14.4 Å². The molecule has 116 valence electrons. The van der Waals surface area contributed by atoms with Gasteiger partial charge in [0.2, 0.25) is 11.8 Å². The summed E-state index contributed by atoms with van der Waals surface area (Å²) in [7, 11) is 0. The smallest absolute Gasteiger partial charge is 0.251 e. The average molecular weight is 302 g/mol. The predicted octanol–water partition coefficient (Wildman–Crippen LogP) is 0.778. The zero-order valence-corrected chi connectivity index (χ0v) is 12.4. The standard InChI is InChI=1S/C15H18N4O3/c1-9(7-8-16)13(14(17)21)19-15(22)11-3-5-12(6-4-11)18-10(2)20/h3-6,9,13H,7H2,1-2H3,(H2,17,21)(H,18,20)(H,19,22)/t9-,13+/m0/s1. The van der Waals surface area contributed by atoms with Crippen molar-refractivity contribution in [3.63, 3.8) is 0 Å². The molecule has 0 aliphatic carbocycles. The Morgan fingerprint density at radius 3 is 2.32 bits per heavy atom. The van der Waals surface area contributed by atoms with Crippen molar-refractivity contribution in [3.8, 4) is 6.07 Å². The summed E-state index contributed by atoms with van der Waals surface area (Å²) in [6, 6.07) is 7.23. The van der Waals surface area contributed by atoms with Gasteiger partial charge in [0.1, 0.15) is 6.04 Å². The van der Waals surface area contributed by atoms with Crippen LogP contribution in [0, 0.1) is 17.2 Å². The Morgan fingerprint density at radius 2 is 1.86 bits per heavy atom. The topological polar surface area (TPSA) is 125 Å². The van der Waals surface area contributed by atoms with Crippen molar-refractivity contribution in [1.29, 1.82) is 5.26 Å². The van der Waals surface area contributed by atoms with E-state index >= 15 is 0 Å². The Hall–Kier alpha value is -2.88. The fraction of sp³-hybridized carbons (Fsp3) is 0.333. The number of nitrogens with zero attached hydrogens (tertiary/aromatic N) is 1. The van der Waals surface area contributed by atoms with Gasteiger partial charge >= 0.3 is 0 Å². The Balaban J connectivity index is 2.80. The number of hydrogen-bond acceptors (Lipinski definition) is 4. The molecule has 2 atom stereocenters. The maximum atomic E-state index is 12.1. The Bertz CT molecular complexity index is 604. The van der Waals surface area contributed by atoms with Gasteiger partial charge in [0.05, 0.1) is 6.07 Å². The van der Waals surface area contributed by atoms with Gasteiger partial charge in [0.15, 0.2) is 0 Å². The molecule has 0 aliphatic heterocycles. The van der Waals surface area contributed by atoms with E-state index < -0.39 is 17.9 Å². The van der Waals surface area contributed by atoms with E-state index in [0.29, 0.717) is 11.3 Å². The van der Waals surface area contributed by atoms with Crippen LogP contribution in [0.5, 0.6) is 0 Å². The summed E-state index contributed by atoms with van der Waals surface area (Å²) in [5.41, 5.74) is 6.15. The van der Waals surface area contributed by atoms with Crippen molar-refractivity contribution in [3.05, 3.63) is 29.8 Å². The molecule has 3 amide bonds. The fourth-order valence-electron chi connectivity index (χ4n) is 1.89. The number of nitrogens with one attached hydrogen (secondary N) is 2. The Kier molecular flexibility index (Phi) is 6.08. The first kappa shape index (κ1) is 17.2. The predicted molar refractivity (Wildman–Crippen MR) is 80.6 cm³/mol. The van der Waals surface area contributed by atoms with Crippen molar-refractivity contribution >= 4 is 23.4 Å². The first-order valence-corrected chi connectivity index (χ1v) is 6.70. The number of anilines is 1. The number of nitrogens with two attached hydrogens (primary N) is 1. The molecule has 0 aromatic heterocycles. The number of carbonyl (C=O) groups is 3. The van der Waals surface area contributed by atoms with Crippen LogP contribution in [0.1, 0.15) is 30.6 Å². The molecule has 0 radical (unpaired) electrons. The van der Waals surface area contributed by atoms with Crippen LogP contribution in [0.15, 0.2) is 24.3 Å². The molecule has 4 N–H and O–H groups in total. The number of nitriles is 1. The lowest BCUT2D eigenvalue weighted by Crippen LogP contribution is -2.48. The van der Waals surface area contributed by atoms with E-state index in [-0.39, 0.29) is 18.2 Å². The number of carbonyl (C=O) groups excluding carboxylic acids is 3. The van der Waals surface area contributed by atoms with Crippen LogP contribution in [0.25, 0.3) is 0 Å². The second-order valence-corrected chi connectivity index (χ2v) is 4.95. The molecule has 1 rings (SSSR count). The minimum absolute atomic E-state index is 0.107. The zero-order chi connectivity index (χ0) is 16.7. The van der Waals surface area contributed by atoms with E-state index in [9.17, 15) is 14.4 Å². The van der Waals surface area contributed by atoms with Crippen LogP contribution in [-0.4, -0.2) is 23.8 Å². The maximum absolute atomic E-state index is 12.1. The van der Waals surface area contributed by atoms with Gasteiger partial charge in [-0.05, 0) is 30.2 Å². The van der Waals surface area contributed by atoms with E-state index in [1.54, 1.807) is 19.1 Å². The lowest BCUT2D eigenvalue weighted by atomic mass is 9.98. The highest BCUT2D eigenvalue weighted by Crippen LogP contribution is 2.12. The third-order valence-corrected chi connectivity index (χ3v) is 3.04. The molecule has 7 heteroatoms. The molecule has 1 aromatic rings. The molecule has 0 saturated carbocycles. The van der Waals surface area contributed by atoms with E-state index in [1.165, 1.54) is 19.1 Å². The van der Waals surface area contributed by atoms with Gasteiger partial charge in [0.25, 0.3) is 5.91 Å². The lowest BCUT2D eigenvalue weighted by molar-refractivity contribution is -0.121. The maximum Gasteiger partial charge on any atom is 0.251 e. The van der Waals surface area contributed by atoms with Gasteiger partial charge < -0.3 is 16.4 Å². The van der Waals surface area contributed by atoms with E-state index in [4.69, 9.17) is 11.0 Å². The molecular weight excluding hydrogens is 284 g/mol. The van der Waals surface area contributed by atoms with E-state index in [0.717, 1.165) is 0 Å². The molecule has 0 bridgehead atoms. The van der Waals surface area contributed by atoms with Crippen molar-refractivity contribution in [2.75, 3.05) is 5.32 Å². The van der Waals surface area contributed by atoms with Crippen molar-refractivity contribution < 1.29 is 14.4 Å². The van der Waals surface area contributed by atoms with Crippen molar-refractivity contribution in [2.45, 2.75) is 26.3 Å². The molecule has 0 unspecified atom stereocenters. The summed E-state index contributed by atoms with van der Waals surface area (Å²) in [6.45, 7) is 3.05. The monoisotopic (exact) mass is 302 g/mol. The average Bonchev–Trinajstić information content (AvgIpc) is 2.44. The second-order valence-electron chi connectivity index (χ2n) is 4.95. The van der Waals surface area contributed by atoms with Crippen LogP contribution < -0.4 is 16.4 Å². The van der Waals surface area contributed by atoms with Crippen LogP contribution in [0.2, 0.25) is 0 Å². The minimum Gasteiger partial charge on any atom is -0.368 e. The Morgan fingerprint density at radius 1 is 1.27 bits per heavy atom. The SMILES string of the molecule is CC(=O)Nc1ccc(C(=O)N[C@@H](C(N)=O)[C@@H](C)CC#N)cc1. The summed E-state index contributed by atoms with van der Waals surface area (Å²) in [6.07, 6.45) is 0.107. The number of primary amides is 1. The van der Waals surface area contributed by atoms with Crippen LogP contribution in [0.4, 0.5) is 5.69 Å². The molecule has 0 fully saturated rings. The van der Waals surface area contributed by atoms with Crippen molar-refractivity contribution in [2.24, 2.45) is 11.7 Å². The van der Waals surface area contributed by atoms with Gasteiger partial charge in [-0.2, -0.15) is 5.26 Å². The van der Waals surface area contributed by atoms with Gasteiger partial charge in [0, 0.05) is 24.6 Å². The van der Waals surface area contributed by atoms with Gasteiger partial charge in [-0.1, -0.05) is 6.92 Å². The number of hydrogen-bond donors (Lipinski definition) is 3. The van der Waals surface area contributed by atoms with Gasteiger partial charge in [-0.25, -0.2) is 0 Å². The third-order valence-electron chi connectivity index (χ3n) is 3.04. The zero-order valence-electron chi connectivity index (χ0n) is 12.4. The molecule has 0 heterocycles. The molecule has 0 aliphatic rings. The summed E-state index contributed by atoms with van der Waals surface area (Å²) in [5, 5.41) is 13.8. The number of rotatable bonds is 6. The summed E-state index contributed by atoms with van der Waals surface area (Å²) >= 11 is 0. The summed E-state index contributed by atoms with van der Waals surface area (Å²) < 4.78 is 0. The first-order valence-electron chi connectivity index (χ1n) is 6.70. The molecule has 0 saturated heterocycles. The second kappa shape index (κ2) is 7.78. The fourth-order valence-corrected chi connectivity index (χ4v) is 1.89. The van der Waals surface area contributed by atoms with Crippen LogP contribution >= 0.6 is 0 Å². The van der Waals surface area contributed by atoms with Crippen LogP contribution in [-0.2, 0) is 9.59 Å². The van der Waals surface area contributed by atoms with Crippen LogP contribution in [0.3, 0.4) is 0 Å². The molecule has 0 spiro atoms. The highest BCUT2D eigenvalue weighted by molar-refractivity contribution is 5.98. The largest absolute Gasteiger partial charge is 0.368 e. The lowest BCUT2D eigenvalue weighted by Gasteiger charge is -2.20. The normalized spacial score (nSPS) is 12.6. The van der Waals surface area contributed by atoms with Gasteiger partial charge in [-0.15, -0.1) is 0 Å². The summed E-state index contributed by atoms with van der Waals surface area (Å²) in [5.74, 6) is -1.75. The minimum atomic E-state index is -0.915. The number of amides is 3. The third kappa shape index (κ3) is 4.90. The first-order chi connectivity index (χ1) is 10.3. The highest BCUT2D eigenvalue weighted by atomic mass is 16.2. The molecule has 1 aromatic carbocycles. The summed E-state index contributed by atoms with van der Waals surface area (Å²) in [4.78, 5) is 34.4. The molecule has 7 nitrogen and oxygen atoms in total. The Labute approximate surface area is 128 Å². The number of benzene rings is 1. The quantitative estimate of drug-likeness (QED) is 0.717. The van der Waals surface area contributed by atoms with Crippen molar-refractivity contribution in [1.82, 2.24) is 5.32 Å². The highest BCUT2D eigenvalue weighted by Gasteiger charge is 2.25. The molecule has 22 heavy (non-hydrogen) atoms.